The van der Waals surface area contributed by atoms with Gasteiger partial charge < -0.3 is 14.7 Å². The maximum absolute atomic E-state index is 11.1. The number of ether oxygens (including phenoxy) is 1. The van der Waals surface area contributed by atoms with Crippen molar-refractivity contribution in [3.05, 3.63) is 0 Å². The fourth-order valence-corrected chi connectivity index (χ4v) is 2.54. The second-order valence-electron chi connectivity index (χ2n) is 5.34. The van der Waals surface area contributed by atoms with Gasteiger partial charge in [-0.3, -0.25) is 4.79 Å². The molecule has 0 bridgehead atoms. The molecule has 0 amide bonds. The van der Waals surface area contributed by atoms with Gasteiger partial charge in [-0.05, 0) is 38.6 Å². The molecule has 1 saturated heterocycles. The quantitative estimate of drug-likeness (QED) is 0.767. The van der Waals surface area contributed by atoms with E-state index < -0.39 is 11.4 Å². The largest absolute Gasteiger partial charge is 0.481 e. The lowest BCUT2D eigenvalue weighted by Gasteiger charge is -2.28. The number of carboxylic acids is 1. The minimum atomic E-state index is -0.619. The summed E-state index contributed by atoms with van der Waals surface area (Å²) in [5, 5.41) is 9.11. The zero-order valence-corrected chi connectivity index (χ0v) is 9.95. The maximum atomic E-state index is 11.1. The van der Waals surface area contributed by atoms with Crippen molar-refractivity contribution >= 4 is 5.97 Å². The van der Waals surface area contributed by atoms with Crippen LogP contribution in [0.25, 0.3) is 0 Å². The van der Waals surface area contributed by atoms with Crippen molar-refractivity contribution in [2.45, 2.75) is 25.7 Å². The molecule has 1 N–H and O–H groups in total. The third-order valence-corrected chi connectivity index (χ3v) is 3.79. The summed E-state index contributed by atoms with van der Waals surface area (Å²) in [5.41, 5.74) is -0.417. The van der Waals surface area contributed by atoms with Gasteiger partial charge in [0.05, 0.1) is 5.41 Å². The van der Waals surface area contributed by atoms with Gasteiger partial charge in [-0.2, -0.15) is 0 Å². The molecular weight excluding hydrogens is 206 g/mol. The average Bonchev–Trinajstić information content (AvgIpc) is 3.00. The van der Waals surface area contributed by atoms with Crippen LogP contribution in [-0.4, -0.2) is 49.3 Å². The maximum Gasteiger partial charge on any atom is 0.310 e. The fraction of sp³-hybridized carbons (Fsp3) is 0.917. The predicted octanol–water partition coefficient (Wildman–Crippen LogP) is 1.21. The van der Waals surface area contributed by atoms with E-state index in [0.717, 1.165) is 45.4 Å². The molecule has 0 aromatic heterocycles. The third kappa shape index (κ3) is 2.74. The topological polar surface area (TPSA) is 49.8 Å². The highest BCUT2D eigenvalue weighted by Gasteiger charge is 2.50. The smallest absolute Gasteiger partial charge is 0.310 e. The number of nitrogens with zero attached hydrogens (tertiary/aromatic N) is 1. The SMILES string of the molecule is CN(CC1CCOCC1)CC1(C(=O)O)CC1. The van der Waals surface area contributed by atoms with Crippen molar-refractivity contribution in [2.75, 3.05) is 33.4 Å². The van der Waals surface area contributed by atoms with Crippen LogP contribution >= 0.6 is 0 Å². The van der Waals surface area contributed by atoms with Gasteiger partial charge in [0.2, 0.25) is 0 Å². The van der Waals surface area contributed by atoms with Gasteiger partial charge in [-0.1, -0.05) is 0 Å². The molecule has 0 atom stereocenters. The van der Waals surface area contributed by atoms with E-state index in [-0.39, 0.29) is 0 Å². The van der Waals surface area contributed by atoms with Gasteiger partial charge in [-0.15, -0.1) is 0 Å². The first kappa shape index (κ1) is 11.9. The van der Waals surface area contributed by atoms with Crippen LogP contribution in [0.5, 0.6) is 0 Å². The van der Waals surface area contributed by atoms with E-state index in [1.54, 1.807) is 0 Å². The van der Waals surface area contributed by atoms with Gasteiger partial charge in [0.25, 0.3) is 0 Å². The van der Waals surface area contributed by atoms with Crippen molar-refractivity contribution in [1.29, 1.82) is 0 Å². The molecule has 16 heavy (non-hydrogen) atoms. The Bertz CT molecular complexity index is 257. The summed E-state index contributed by atoms with van der Waals surface area (Å²) in [7, 11) is 2.04. The van der Waals surface area contributed by atoms with Crippen LogP contribution < -0.4 is 0 Å². The molecule has 2 rings (SSSR count). The summed E-state index contributed by atoms with van der Waals surface area (Å²) in [6, 6.07) is 0. The van der Waals surface area contributed by atoms with E-state index in [2.05, 4.69) is 4.90 Å². The first-order chi connectivity index (χ1) is 7.62. The van der Waals surface area contributed by atoms with E-state index >= 15 is 0 Å². The Morgan fingerprint density at radius 2 is 2.06 bits per heavy atom. The van der Waals surface area contributed by atoms with Gasteiger partial charge in [0.15, 0.2) is 0 Å². The Kier molecular flexibility index (Phi) is 3.50. The molecule has 2 fully saturated rings. The van der Waals surface area contributed by atoms with Crippen LogP contribution in [-0.2, 0) is 9.53 Å². The van der Waals surface area contributed by atoms with Crippen molar-refractivity contribution in [1.82, 2.24) is 4.90 Å². The second-order valence-corrected chi connectivity index (χ2v) is 5.34. The van der Waals surface area contributed by atoms with E-state index in [1.165, 1.54) is 0 Å². The van der Waals surface area contributed by atoms with Gasteiger partial charge in [0.1, 0.15) is 0 Å². The van der Waals surface area contributed by atoms with Gasteiger partial charge in [0, 0.05) is 26.3 Å². The van der Waals surface area contributed by atoms with Crippen LogP contribution in [0.15, 0.2) is 0 Å². The van der Waals surface area contributed by atoms with Crippen LogP contribution in [0.3, 0.4) is 0 Å². The van der Waals surface area contributed by atoms with Crippen molar-refractivity contribution in [3.63, 3.8) is 0 Å². The predicted molar refractivity (Wildman–Crippen MR) is 60.3 cm³/mol. The second kappa shape index (κ2) is 4.72. The van der Waals surface area contributed by atoms with E-state index in [1.807, 2.05) is 7.05 Å². The van der Waals surface area contributed by atoms with Crippen LogP contribution in [0.2, 0.25) is 0 Å². The highest BCUT2D eigenvalue weighted by molar-refractivity contribution is 5.78. The Hall–Kier alpha value is -0.610. The minimum absolute atomic E-state index is 0.417. The molecule has 0 unspecified atom stereocenters. The summed E-state index contributed by atoms with van der Waals surface area (Å²) in [6.45, 7) is 3.45. The normalized spacial score (nSPS) is 24.6. The number of hydrogen-bond donors (Lipinski definition) is 1. The number of aliphatic carboxylic acids is 1. The van der Waals surface area contributed by atoms with Crippen LogP contribution in [0.4, 0.5) is 0 Å². The molecule has 1 aliphatic heterocycles. The molecule has 4 nitrogen and oxygen atoms in total. The Labute approximate surface area is 96.6 Å². The summed E-state index contributed by atoms with van der Waals surface area (Å²) < 4.78 is 5.32. The minimum Gasteiger partial charge on any atom is -0.481 e. The summed E-state index contributed by atoms with van der Waals surface area (Å²) in [6.07, 6.45) is 3.93. The van der Waals surface area contributed by atoms with E-state index in [9.17, 15) is 4.79 Å². The van der Waals surface area contributed by atoms with E-state index in [0.29, 0.717) is 12.5 Å². The van der Waals surface area contributed by atoms with Crippen molar-refractivity contribution in [2.24, 2.45) is 11.3 Å². The molecule has 0 aromatic rings. The van der Waals surface area contributed by atoms with Crippen LogP contribution in [0, 0.1) is 11.3 Å². The lowest BCUT2D eigenvalue weighted by molar-refractivity contribution is -0.144. The molecular formula is C12H21NO3. The molecule has 4 heteroatoms. The molecule has 2 aliphatic rings. The fourth-order valence-electron chi connectivity index (χ4n) is 2.54. The summed E-state index contributed by atoms with van der Waals surface area (Å²) in [5.74, 6) is 0.0645. The molecule has 0 spiro atoms. The monoisotopic (exact) mass is 227 g/mol. The highest BCUT2D eigenvalue weighted by Crippen LogP contribution is 2.46. The lowest BCUT2D eigenvalue weighted by atomic mass is 9.99. The van der Waals surface area contributed by atoms with E-state index in [4.69, 9.17) is 9.84 Å². The molecule has 1 heterocycles. The van der Waals surface area contributed by atoms with Crippen molar-refractivity contribution < 1.29 is 14.6 Å². The Balaban J connectivity index is 1.75. The first-order valence-electron chi connectivity index (χ1n) is 6.12. The number of rotatable bonds is 5. The van der Waals surface area contributed by atoms with Crippen LogP contribution in [0.1, 0.15) is 25.7 Å². The van der Waals surface area contributed by atoms with Gasteiger partial charge >= 0.3 is 5.97 Å². The highest BCUT2D eigenvalue weighted by atomic mass is 16.5. The number of carbonyl (C=O) groups is 1. The molecule has 1 saturated carbocycles. The molecule has 0 radical (unpaired) electrons. The zero-order valence-electron chi connectivity index (χ0n) is 9.95. The lowest BCUT2D eigenvalue weighted by Crippen LogP contribution is -2.36. The standard InChI is InChI=1S/C12H21NO3/c1-13(8-10-2-6-16-7-3-10)9-12(4-5-12)11(14)15/h10H,2-9H2,1H3,(H,14,15). The number of hydrogen-bond acceptors (Lipinski definition) is 3. The Morgan fingerprint density at radius 3 is 2.56 bits per heavy atom. The average molecular weight is 227 g/mol. The van der Waals surface area contributed by atoms with Crippen molar-refractivity contribution in [3.8, 4) is 0 Å². The van der Waals surface area contributed by atoms with Gasteiger partial charge in [-0.25, -0.2) is 0 Å². The molecule has 1 aliphatic carbocycles. The first-order valence-corrected chi connectivity index (χ1v) is 6.12. The Morgan fingerprint density at radius 1 is 1.44 bits per heavy atom. The summed E-state index contributed by atoms with van der Waals surface area (Å²) >= 11 is 0. The summed E-state index contributed by atoms with van der Waals surface area (Å²) in [4.78, 5) is 13.3. The zero-order chi connectivity index (χ0) is 11.6. The molecule has 92 valence electrons. The number of carboxylic acid groups (broad SMARTS) is 1. The molecule has 0 aromatic carbocycles. The third-order valence-electron chi connectivity index (χ3n) is 3.79.